The zero-order valence-electron chi connectivity index (χ0n) is 11.2. The van der Waals surface area contributed by atoms with Gasteiger partial charge in [-0.15, -0.1) is 11.3 Å². The van der Waals surface area contributed by atoms with Gasteiger partial charge in [0.15, 0.2) is 0 Å². The summed E-state index contributed by atoms with van der Waals surface area (Å²) >= 11 is 1.71. The van der Waals surface area contributed by atoms with Gasteiger partial charge in [-0.3, -0.25) is 9.78 Å². The maximum absolute atomic E-state index is 12.3. The van der Waals surface area contributed by atoms with E-state index in [1.807, 2.05) is 11.4 Å². The van der Waals surface area contributed by atoms with Crippen LogP contribution in [0.15, 0.2) is 29.8 Å². The molecule has 1 aliphatic rings. The minimum absolute atomic E-state index is 0.0113. The summed E-state index contributed by atoms with van der Waals surface area (Å²) in [7, 11) is 0. The molecule has 1 atom stereocenters. The van der Waals surface area contributed by atoms with Crippen LogP contribution in [0.2, 0.25) is 0 Å². The van der Waals surface area contributed by atoms with Crippen molar-refractivity contribution in [1.82, 2.24) is 10.3 Å². The van der Waals surface area contributed by atoms with Gasteiger partial charge in [-0.1, -0.05) is 0 Å². The highest BCUT2D eigenvalue weighted by Crippen LogP contribution is 2.33. The van der Waals surface area contributed by atoms with Gasteiger partial charge in [-0.25, -0.2) is 4.79 Å². The lowest BCUT2D eigenvalue weighted by atomic mass is 9.94. The highest BCUT2D eigenvalue weighted by molar-refractivity contribution is 7.10. The summed E-state index contributed by atoms with van der Waals surface area (Å²) in [4.78, 5) is 28.5. The predicted octanol–water partition coefficient (Wildman–Crippen LogP) is 2.65. The predicted molar refractivity (Wildman–Crippen MR) is 78.7 cm³/mol. The van der Waals surface area contributed by atoms with Crippen LogP contribution in [0.5, 0.6) is 0 Å². The molecule has 1 amide bonds. The minimum atomic E-state index is -1.07. The number of fused-ring (bicyclic) bond motifs is 1. The van der Waals surface area contributed by atoms with Crippen LogP contribution in [0.1, 0.15) is 50.2 Å². The monoisotopic (exact) mass is 302 g/mol. The van der Waals surface area contributed by atoms with Gasteiger partial charge in [-0.2, -0.15) is 0 Å². The van der Waals surface area contributed by atoms with Crippen molar-refractivity contribution in [2.45, 2.75) is 25.3 Å². The number of carboxylic acid groups (broad SMARTS) is 1. The second-order valence-corrected chi connectivity index (χ2v) is 5.95. The molecule has 2 aromatic rings. The van der Waals surface area contributed by atoms with Crippen LogP contribution >= 0.6 is 11.3 Å². The van der Waals surface area contributed by atoms with Crippen LogP contribution in [0.3, 0.4) is 0 Å². The van der Waals surface area contributed by atoms with Gasteiger partial charge in [0.1, 0.15) is 5.69 Å². The molecular weight excluding hydrogens is 288 g/mol. The molecule has 6 heteroatoms. The first-order chi connectivity index (χ1) is 10.1. The highest BCUT2D eigenvalue weighted by atomic mass is 32.1. The topological polar surface area (TPSA) is 79.3 Å². The number of amides is 1. The van der Waals surface area contributed by atoms with Gasteiger partial charge >= 0.3 is 5.97 Å². The lowest BCUT2D eigenvalue weighted by Crippen LogP contribution is -2.31. The number of nitrogens with zero attached hydrogens (tertiary/aromatic N) is 1. The first-order valence-electron chi connectivity index (χ1n) is 6.71. The molecule has 0 aromatic carbocycles. The fourth-order valence-electron chi connectivity index (χ4n) is 2.56. The first kappa shape index (κ1) is 13.8. The molecule has 0 saturated heterocycles. The smallest absolute Gasteiger partial charge is 0.335 e. The van der Waals surface area contributed by atoms with E-state index in [-0.39, 0.29) is 23.2 Å². The summed E-state index contributed by atoms with van der Waals surface area (Å²) < 4.78 is 0. The van der Waals surface area contributed by atoms with E-state index in [4.69, 9.17) is 5.11 Å². The van der Waals surface area contributed by atoms with Crippen LogP contribution in [0.4, 0.5) is 0 Å². The van der Waals surface area contributed by atoms with E-state index in [9.17, 15) is 9.59 Å². The summed E-state index contributed by atoms with van der Waals surface area (Å²) in [5, 5.41) is 14.0. The number of nitrogens with one attached hydrogen (secondary N) is 1. The van der Waals surface area contributed by atoms with Crippen LogP contribution in [-0.4, -0.2) is 22.0 Å². The fourth-order valence-corrected chi connectivity index (χ4v) is 3.54. The van der Waals surface area contributed by atoms with Crippen LogP contribution < -0.4 is 5.32 Å². The van der Waals surface area contributed by atoms with Gasteiger partial charge in [0.25, 0.3) is 5.91 Å². The summed E-state index contributed by atoms with van der Waals surface area (Å²) in [6, 6.07) is 4.71. The van der Waals surface area contributed by atoms with Crippen molar-refractivity contribution >= 4 is 23.2 Å². The van der Waals surface area contributed by atoms with Gasteiger partial charge in [0.05, 0.1) is 11.6 Å². The first-order valence-corrected chi connectivity index (χ1v) is 7.59. The molecule has 0 bridgehead atoms. The van der Waals surface area contributed by atoms with Crippen LogP contribution in [0, 0.1) is 0 Å². The third-order valence-electron chi connectivity index (χ3n) is 3.60. The van der Waals surface area contributed by atoms with E-state index in [2.05, 4.69) is 10.3 Å². The fraction of sp³-hybridized carbons (Fsp3) is 0.267. The zero-order valence-corrected chi connectivity index (χ0v) is 12.0. The molecule has 0 aliphatic heterocycles. The number of aromatic carboxylic acids is 1. The van der Waals surface area contributed by atoms with Crippen molar-refractivity contribution in [2.24, 2.45) is 0 Å². The average Bonchev–Trinajstić information content (AvgIpc) is 2.97. The summed E-state index contributed by atoms with van der Waals surface area (Å²) in [5.74, 6) is -1.40. The number of thiophene rings is 1. The number of pyridine rings is 1. The number of carbonyl (C=O) groups excluding carboxylic acids is 1. The molecule has 0 spiro atoms. The molecule has 0 saturated carbocycles. The van der Waals surface area contributed by atoms with Crippen molar-refractivity contribution in [1.29, 1.82) is 0 Å². The highest BCUT2D eigenvalue weighted by Gasteiger charge is 2.23. The Bertz CT molecular complexity index is 696. The Morgan fingerprint density at radius 1 is 1.38 bits per heavy atom. The molecule has 2 heterocycles. The van der Waals surface area contributed by atoms with E-state index < -0.39 is 5.97 Å². The van der Waals surface area contributed by atoms with Gasteiger partial charge in [0, 0.05) is 11.1 Å². The summed E-state index contributed by atoms with van der Waals surface area (Å²) in [6.07, 6.45) is 4.34. The van der Waals surface area contributed by atoms with E-state index in [0.29, 0.717) is 0 Å². The lowest BCUT2D eigenvalue weighted by molar-refractivity contribution is 0.0696. The number of carbonyl (C=O) groups is 2. The maximum Gasteiger partial charge on any atom is 0.335 e. The van der Waals surface area contributed by atoms with Crippen LogP contribution in [0.25, 0.3) is 0 Å². The maximum atomic E-state index is 12.3. The van der Waals surface area contributed by atoms with Crippen LogP contribution in [-0.2, 0) is 6.42 Å². The molecule has 0 radical (unpaired) electrons. The number of hydrogen-bond donors (Lipinski definition) is 2. The summed E-state index contributed by atoms with van der Waals surface area (Å²) in [6.45, 7) is 0. The Morgan fingerprint density at radius 3 is 3.05 bits per heavy atom. The second-order valence-electron chi connectivity index (χ2n) is 4.95. The van der Waals surface area contributed by atoms with Crippen molar-refractivity contribution in [3.8, 4) is 0 Å². The van der Waals surface area contributed by atoms with Gasteiger partial charge < -0.3 is 10.4 Å². The van der Waals surface area contributed by atoms with Crippen molar-refractivity contribution in [3.63, 3.8) is 0 Å². The quantitative estimate of drug-likeness (QED) is 0.913. The molecular formula is C15H14N2O3S. The van der Waals surface area contributed by atoms with Crippen molar-refractivity contribution in [2.75, 3.05) is 0 Å². The zero-order chi connectivity index (χ0) is 14.8. The van der Waals surface area contributed by atoms with E-state index in [0.717, 1.165) is 19.3 Å². The number of aryl methyl sites for hydroxylation is 1. The Hall–Kier alpha value is -2.21. The molecule has 5 nitrogen and oxygen atoms in total. The van der Waals surface area contributed by atoms with Crippen molar-refractivity contribution in [3.05, 3.63) is 51.5 Å². The Kier molecular flexibility index (Phi) is 3.70. The molecule has 2 N–H and O–H groups in total. The molecule has 108 valence electrons. The van der Waals surface area contributed by atoms with E-state index >= 15 is 0 Å². The number of carboxylic acids is 1. The van der Waals surface area contributed by atoms with Gasteiger partial charge in [0.2, 0.25) is 0 Å². The number of hydrogen-bond acceptors (Lipinski definition) is 4. The Balaban J connectivity index is 1.79. The standard InChI is InChI=1S/C15H14N2O3S/c18-14(12-8-9(15(19)20)4-6-16-12)17-11-2-1-3-13-10(11)5-7-21-13/h4-8,11H,1-3H2,(H,17,18)(H,19,20). The molecule has 1 aliphatic carbocycles. The molecule has 21 heavy (non-hydrogen) atoms. The largest absolute Gasteiger partial charge is 0.478 e. The van der Waals surface area contributed by atoms with E-state index in [1.165, 1.54) is 28.8 Å². The normalized spacial score (nSPS) is 17.0. The number of rotatable bonds is 3. The Labute approximate surface area is 125 Å². The molecule has 1 unspecified atom stereocenters. The average molecular weight is 302 g/mol. The summed E-state index contributed by atoms with van der Waals surface area (Å²) in [5.41, 5.74) is 1.38. The van der Waals surface area contributed by atoms with Gasteiger partial charge in [-0.05, 0) is 48.4 Å². The SMILES string of the molecule is O=C(O)c1ccnc(C(=O)NC2CCCc3sccc32)c1. The molecule has 0 fully saturated rings. The third-order valence-corrected chi connectivity index (χ3v) is 4.59. The van der Waals surface area contributed by atoms with E-state index in [1.54, 1.807) is 11.3 Å². The molecule has 2 aromatic heterocycles. The second kappa shape index (κ2) is 5.65. The Morgan fingerprint density at radius 2 is 2.24 bits per heavy atom. The number of aromatic nitrogens is 1. The minimum Gasteiger partial charge on any atom is -0.478 e. The lowest BCUT2D eigenvalue weighted by Gasteiger charge is -2.23. The van der Waals surface area contributed by atoms with Crippen molar-refractivity contribution < 1.29 is 14.7 Å². The third kappa shape index (κ3) is 2.80. The molecule has 3 rings (SSSR count).